The molecule has 0 rings (SSSR count). The monoisotopic (exact) mass is 179 g/mol. The second kappa shape index (κ2) is 3.49. The minimum Gasteiger partial charge on any atom is -0.480 e. The predicted molar refractivity (Wildman–Crippen MR) is 39.6 cm³/mol. The maximum absolute atomic E-state index is 10.7. The van der Waals surface area contributed by atoms with E-state index in [4.69, 9.17) is 10.8 Å². The number of nitrogens with two attached hydrogens (primary N) is 1. The lowest BCUT2D eigenvalue weighted by Crippen LogP contribution is -2.36. The number of hydrogen-bond donors (Lipinski definition) is 2. The Bertz CT molecular complexity index is 256. The van der Waals surface area contributed by atoms with E-state index < -0.39 is 27.6 Å². The molecule has 0 saturated heterocycles. The summed E-state index contributed by atoms with van der Waals surface area (Å²) in [6.45, 7) is 3.01. The average molecular weight is 179 g/mol. The summed E-state index contributed by atoms with van der Waals surface area (Å²) in [4.78, 5) is 10.1. The van der Waals surface area contributed by atoms with Gasteiger partial charge in [0.15, 0.2) is 9.84 Å². The van der Waals surface area contributed by atoms with Gasteiger partial charge in [-0.2, -0.15) is 0 Å². The maximum Gasteiger partial charge on any atom is 0.321 e. The summed E-state index contributed by atoms with van der Waals surface area (Å²) < 4.78 is 21.3. The van der Waals surface area contributed by atoms with Crippen LogP contribution in [0.1, 0.15) is 0 Å². The largest absolute Gasteiger partial charge is 0.480 e. The summed E-state index contributed by atoms with van der Waals surface area (Å²) >= 11 is 0. The van der Waals surface area contributed by atoms with Crippen molar-refractivity contribution in [2.24, 2.45) is 5.73 Å². The Labute approximate surface area is 64.4 Å². The van der Waals surface area contributed by atoms with Crippen LogP contribution < -0.4 is 5.73 Å². The number of sulfone groups is 1. The highest BCUT2D eigenvalue weighted by Crippen LogP contribution is 1.93. The summed E-state index contributed by atoms with van der Waals surface area (Å²) in [5, 5.41) is 8.91. The number of carbonyl (C=O) groups is 1. The third kappa shape index (κ3) is 3.74. The van der Waals surface area contributed by atoms with E-state index in [0.29, 0.717) is 5.41 Å². The van der Waals surface area contributed by atoms with Crippen molar-refractivity contribution in [1.29, 1.82) is 0 Å². The molecule has 1 unspecified atom stereocenters. The van der Waals surface area contributed by atoms with E-state index in [1.54, 1.807) is 0 Å². The lowest BCUT2D eigenvalue weighted by molar-refractivity contribution is -0.137. The van der Waals surface area contributed by atoms with Crippen molar-refractivity contribution in [1.82, 2.24) is 0 Å². The third-order valence-corrected chi connectivity index (χ3v) is 2.31. The van der Waals surface area contributed by atoms with Crippen LogP contribution in [0.25, 0.3) is 0 Å². The minimum absolute atomic E-state index is 0.605. The molecule has 0 heterocycles. The van der Waals surface area contributed by atoms with Crippen LogP contribution in [0.5, 0.6) is 0 Å². The highest BCUT2D eigenvalue weighted by Gasteiger charge is 2.18. The summed E-state index contributed by atoms with van der Waals surface area (Å²) in [6.07, 6.45) is 0. The van der Waals surface area contributed by atoms with E-state index in [-0.39, 0.29) is 0 Å². The molecule has 0 saturated carbocycles. The number of aliphatic carboxylic acids is 1. The molecular formula is C5H9NO4S. The summed E-state index contributed by atoms with van der Waals surface area (Å²) in [6, 6.07) is -1.38. The van der Waals surface area contributed by atoms with E-state index in [0.717, 1.165) is 0 Å². The molecular weight excluding hydrogens is 170 g/mol. The Morgan fingerprint density at radius 3 is 2.45 bits per heavy atom. The van der Waals surface area contributed by atoms with E-state index in [9.17, 15) is 13.2 Å². The molecule has 5 nitrogen and oxygen atoms in total. The number of carboxylic acids is 1. The predicted octanol–water partition coefficient (Wildman–Crippen LogP) is -1.04. The van der Waals surface area contributed by atoms with Crippen LogP contribution in [0, 0.1) is 0 Å². The number of hydrogen-bond acceptors (Lipinski definition) is 4. The SMILES string of the molecule is C=CS(=O)(=O)CC(N)C(=O)O. The van der Waals surface area contributed by atoms with Crippen LogP contribution in [0.15, 0.2) is 12.0 Å². The standard InChI is InChI=1S/C5H9NO4S/c1-2-11(9,10)3-4(6)5(7)8/h2,4H,1,3,6H2,(H,7,8). The molecule has 0 aliphatic heterocycles. The molecule has 0 aliphatic rings. The van der Waals surface area contributed by atoms with Gasteiger partial charge < -0.3 is 10.8 Å². The second-order valence-corrected chi connectivity index (χ2v) is 3.93. The smallest absolute Gasteiger partial charge is 0.321 e. The van der Waals surface area contributed by atoms with Crippen LogP contribution in [-0.4, -0.2) is 31.3 Å². The van der Waals surface area contributed by atoms with Crippen LogP contribution in [0.2, 0.25) is 0 Å². The van der Waals surface area contributed by atoms with Gasteiger partial charge in [0, 0.05) is 5.41 Å². The number of rotatable bonds is 4. The second-order valence-electron chi connectivity index (χ2n) is 1.94. The molecule has 0 bridgehead atoms. The fraction of sp³-hybridized carbons (Fsp3) is 0.400. The molecule has 0 spiro atoms. The van der Waals surface area contributed by atoms with E-state index in [2.05, 4.69) is 6.58 Å². The fourth-order valence-electron chi connectivity index (χ4n) is 0.390. The average Bonchev–Trinajstić information content (AvgIpc) is 1.87. The summed E-state index contributed by atoms with van der Waals surface area (Å²) in [5.41, 5.74) is 4.95. The third-order valence-electron chi connectivity index (χ3n) is 0.983. The van der Waals surface area contributed by atoms with Crippen LogP contribution >= 0.6 is 0 Å². The number of carboxylic acid groups (broad SMARTS) is 1. The van der Waals surface area contributed by atoms with Crippen molar-refractivity contribution in [2.45, 2.75) is 6.04 Å². The van der Waals surface area contributed by atoms with Gasteiger partial charge in [0.2, 0.25) is 0 Å². The molecule has 1 atom stereocenters. The highest BCUT2D eigenvalue weighted by molar-refractivity contribution is 7.94. The van der Waals surface area contributed by atoms with Crippen molar-refractivity contribution in [2.75, 3.05) is 5.75 Å². The van der Waals surface area contributed by atoms with Gasteiger partial charge in [0.25, 0.3) is 0 Å². The Morgan fingerprint density at radius 2 is 2.18 bits per heavy atom. The summed E-state index contributed by atoms with van der Waals surface area (Å²) in [5.74, 6) is -1.94. The first-order chi connectivity index (χ1) is 4.89. The Hall–Kier alpha value is -0.880. The molecule has 0 aromatic heterocycles. The maximum atomic E-state index is 10.7. The van der Waals surface area contributed by atoms with Crippen molar-refractivity contribution in [3.63, 3.8) is 0 Å². The van der Waals surface area contributed by atoms with E-state index in [1.807, 2.05) is 0 Å². The quantitative estimate of drug-likeness (QED) is 0.574. The zero-order chi connectivity index (χ0) is 9.07. The fourth-order valence-corrected chi connectivity index (χ4v) is 1.17. The van der Waals surface area contributed by atoms with Gasteiger partial charge >= 0.3 is 5.97 Å². The molecule has 0 aromatic carbocycles. The Morgan fingerprint density at radius 1 is 1.73 bits per heavy atom. The van der Waals surface area contributed by atoms with E-state index >= 15 is 0 Å². The molecule has 0 fully saturated rings. The molecule has 0 aromatic rings. The topological polar surface area (TPSA) is 97.5 Å². The zero-order valence-electron chi connectivity index (χ0n) is 5.73. The Balaban J connectivity index is 4.28. The van der Waals surface area contributed by atoms with Gasteiger partial charge in [0.1, 0.15) is 6.04 Å². The van der Waals surface area contributed by atoms with Crippen molar-refractivity contribution in [3.05, 3.63) is 12.0 Å². The van der Waals surface area contributed by atoms with E-state index in [1.165, 1.54) is 0 Å². The van der Waals surface area contributed by atoms with Gasteiger partial charge in [-0.15, -0.1) is 0 Å². The minimum atomic E-state index is -3.51. The lowest BCUT2D eigenvalue weighted by Gasteiger charge is -2.02. The van der Waals surface area contributed by atoms with Gasteiger partial charge in [-0.3, -0.25) is 4.79 Å². The van der Waals surface area contributed by atoms with Crippen LogP contribution in [-0.2, 0) is 14.6 Å². The molecule has 0 amide bonds. The first-order valence-corrected chi connectivity index (χ1v) is 4.44. The lowest BCUT2D eigenvalue weighted by atomic mass is 10.4. The normalized spacial score (nSPS) is 13.9. The van der Waals surface area contributed by atoms with Crippen LogP contribution in [0.3, 0.4) is 0 Å². The first kappa shape index (κ1) is 10.1. The van der Waals surface area contributed by atoms with Gasteiger partial charge in [-0.25, -0.2) is 8.42 Å². The van der Waals surface area contributed by atoms with Gasteiger partial charge in [-0.05, 0) is 0 Å². The molecule has 6 heteroatoms. The molecule has 11 heavy (non-hydrogen) atoms. The molecule has 0 aliphatic carbocycles. The first-order valence-electron chi connectivity index (χ1n) is 2.72. The highest BCUT2D eigenvalue weighted by atomic mass is 32.2. The summed E-state index contributed by atoms with van der Waals surface area (Å²) in [7, 11) is -3.51. The van der Waals surface area contributed by atoms with Crippen molar-refractivity contribution < 1.29 is 18.3 Å². The van der Waals surface area contributed by atoms with Crippen molar-refractivity contribution in [3.8, 4) is 0 Å². The molecule has 64 valence electrons. The van der Waals surface area contributed by atoms with Crippen LogP contribution in [0.4, 0.5) is 0 Å². The Kier molecular flexibility index (Phi) is 3.21. The van der Waals surface area contributed by atoms with Crippen molar-refractivity contribution >= 4 is 15.8 Å². The van der Waals surface area contributed by atoms with Gasteiger partial charge in [0.05, 0.1) is 5.75 Å². The molecule has 3 N–H and O–H groups in total. The molecule has 0 radical (unpaired) electrons. The zero-order valence-corrected chi connectivity index (χ0v) is 6.54. The van der Waals surface area contributed by atoms with Gasteiger partial charge in [-0.1, -0.05) is 6.58 Å².